The molecule has 0 spiro atoms. The first-order valence-electron chi connectivity index (χ1n) is 15.8. The number of anilines is 2. The van der Waals surface area contributed by atoms with Crippen LogP contribution in [0.4, 0.5) is 11.4 Å². The van der Waals surface area contributed by atoms with Crippen molar-refractivity contribution in [3.05, 3.63) is 107 Å². The summed E-state index contributed by atoms with van der Waals surface area (Å²) in [6.07, 6.45) is 1.67. The monoisotopic (exact) mass is 652 g/mol. The quantitative estimate of drug-likeness (QED) is 0.102. The van der Waals surface area contributed by atoms with E-state index in [0.29, 0.717) is 11.5 Å². The maximum Gasteiger partial charge on any atom is 0.337 e. The maximum absolute atomic E-state index is 12.7. The zero-order valence-corrected chi connectivity index (χ0v) is 27.4. The third kappa shape index (κ3) is 8.79. The molecule has 10 heteroatoms. The Labute approximate surface area is 279 Å². The fraction of sp³-hybridized carbons (Fsp3) is 0.263. The van der Waals surface area contributed by atoms with Crippen LogP contribution in [-0.2, 0) is 9.59 Å². The lowest BCUT2D eigenvalue weighted by atomic mass is 9.91. The molecule has 0 saturated heterocycles. The first-order chi connectivity index (χ1) is 23.0. The van der Waals surface area contributed by atoms with Gasteiger partial charge in [-0.1, -0.05) is 64.1 Å². The molecule has 0 aliphatic heterocycles. The molecule has 2 amide bonds. The summed E-state index contributed by atoms with van der Waals surface area (Å²) in [5.74, 6) is -1.86. The van der Waals surface area contributed by atoms with Crippen molar-refractivity contribution in [2.45, 2.75) is 52.4 Å². The van der Waals surface area contributed by atoms with Crippen LogP contribution in [0.5, 0.6) is 11.5 Å². The van der Waals surface area contributed by atoms with Crippen LogP contribution in [0.15, 0.2) is 84.9 Å². The van der Waals surface area contributed by atoms with Crippen molar-refractivity contribution in [1.29, 1.82) is 0 Å². The summed E-state index contributed by atoms with van der Waals surface area (Å²) in [6.45, 7) is 7.71. The number of nitrogens with one attached hydrogen (secondary N) is 2. The van der Waals surface area contributed by atoms with E-state index in [4.69, 9.17) is 9.47 Å². The number of ether oxygens (including phenoxy) is 2. The predicted octanol–water partition coefficient (Wildman–Crippen LogP) is 7.81. The molecule has 0 saturated carbocycles. The van der Waals surface area contributed by atoms with Crippen LogP contribution < -0.4 is 20.1 Å². The molecule has 0 bridgehead atoms. The molecule has 2 unspecified atom stereocenters. The van der Waals surface area contributed by atoms with Crippen LogP contribution in [0.25, 0.3) is 11.1 Å². The number of para-hydroxylation sites is 2. The van der Waals surface area contributed by atoms with E-state index in [-0.39, 0.29) is 47.6 Å². The van der Waals surface area contributed by atoms with E-state index in [1.165, 1.54) is 24.3 Å². The third-order valence-corrected chi connectivity index (χ3v) is 8.22. The van der Waals surface area contributed by atoms with E-state index in [0.717, 1.165) is 35.1 Å². The number of amides is 2. The fourth-order valence-corrected chi connectivity index (χ4v) is 5.15. The second-order valence-electron chi connectivity index (χ2n) is 11.5. The second kappa shape index (κ2) is 16.3. The lowest BCUT2D eigenvalue weighted by molar-refractivity contribution is -0.118. The Kier molecular flexibility index (Phi) is 11.9. The molecular weight excluding hydrogens is 612 g/mol. The van der Waals surface area contributed by atoms with Crippen LogP contribution in [0.3, 0.4) is 0 Å². The molecule has 0 aliphatic rings. The summed E-state index contributed by atoms with van der Waals surface area (Å²) < 4.78 is 11.9. The topological polar surface area (TPSA) is 151 Å². The molecule has 0 heterocycles. The normalized spacial score (nSPS) is 12.0. The molecule has 0 radical (unpaired) electrons. The number of rotatable bonds is 15. The molecule has 250 valence electrons. The van der Waals surface area contributed by atoms with Gasteiger partial charge < -0.3 is 30.3 Å². The minimum Gasteiger partial charge on any atom is -0.483 e. The molecule has 4 N–H and O–H groups in total. The minimum atomic E-state index is -1.14. The Balaban J connectivity index is 1.52. The smallest absolute Gasteiger partial charge is 0.337 e. The SMILES string of the molecule is CCC(C)c1cc(-c2ccc(OCC(=O)Nc3ccccc3C(=O)O)c(C(C)CC)c2)ccc1OCC(=O)Nc1ccccc1C(=O)O. The van der Waals surface area contributed by atoms with Crippen molar-refractivity contribution < 1.29 is 38.9 Å². The molecular formula is C38H40N2O8. The predicted molar refractivity (Wildman–Crippen MR) is 184 cm³/mol. The fourth-order valence-electron chi connectivity index (χ4n) is 5.15. The minimum absolute atomic E-state index is 0.00606. The highest BCUT2D eigenvalue weighted by Crippen LogP contribution is 2.37. The maximum atomic E-state index is 12.7. The summed E-state index contributed by atoms with van der Waals surface area (Å²) in [6, 6.07) is 24.0. The number of carboxylic acid groups (broad SMARTS) is 2. The zero-order valence-electron chi connectivity index (χ0n) is 27.4. The second-order valence-corrected chi connectivity index (χ2v) is 11.5. The summed E-state index contributed by atoms with van der Waals surface area (Å²) in [4.78, 5) is 48.4. The van der Waals surface area contributed by atoms with Crippen molar-refractivity contribution in [3.8, 4) is 22.6 Å². The van der Waals surface area contributed by atoms with Crippen molar-refractivity contribution >= 4 is 35.1 Å². The molecule has 2 atom stereocenters. The van der Waals surface area contributed by atoms with Gasteiger partial charge in [0, 0.05) is 0 Å². The summed E-state index contributed by atoms with van der Waals surface area (Å²) in [5.41, 5.74) is 4.12. The van der Waals surface area contributed by atoms with Crippen molar-refractivity contribution in [2.75, 3.05) is 23.8 Å². The van der Waals surface area contributed by atoms with Gasteiger partial charge in [-0.15, -0.1) is 0 Å². The average molecular weight is 653 g/mol. The lowest BCUT2D eigenvalue weighted by Crippen LogP contribution is -2.22. The summed E-state index contributed by atoms with van der Waals surface area (Å²) in [5, 5.41) is 24.1. The van der Waals surface area contributed by atoms with E-state index >= 15 is 0 Å². The van der Waals surface area contributed by atoms with Crippen LogP contribution in [0.1, 0.15) is 84.2 Å². The van der Waals surface area contributed by atoms with Gasteiger partial charge in [0.25, 0.3) is 11.8 Å². The Morgan fingerprint density at radius 2 is 0.979 bits per heavy atom. The highest BCUT2D eigenvalue weighted by atomic mass is 16.5. The summed E-state index contributed by atoms with van der Waals surface area (Å²) >= 11 is 0. The Morgan fingerprint density at radius 1 is 0.604 bits per heavy atom. The highest BCUT2D eigenvalue weighted by Gasteiger charge is 2.19. The van der Waals surface area contributed by atoms with Crippen molar-refractivity contribution in [1.82, 2.24) is 0 Å². The molecule has 48 heavy (non-hydrogen) atoms. The Morgan fingerprint density at radius 3 is 1.33 bits per heavy atom. The third-order valence-electron chi connectivity index (χ3n) is 8.22. The van der Waals surface area contributed by atoms with Gasteiger partial charge in [-0.05, 0) is 95.5 Å². The molecule has 4 aromatic rings. The molecule has 0 fully saturated rings. The molecule has 0 aromatic heterocycles. The van der Waals surface area contributed by atoms with Gasteiger partial charge in [0.2, 0.25) is 0 Å². The first-order valence-corrected chi connectivity index (χ1v) is 15.8. The van der Waals surface area contributed by atoms with Crippen LogP contribution in [-0.4, -0.2) is 47.2 Å². The van der Waals surface area contributed by atoms with Gasteiger partial charge in [0.1, 0.15) is 11.5 Å². The Bertz CT molecular complexity index is 1670. The van der Waals surface area contributed by atoms with E-state index < -0.39 is 23.8 Å². The van der Waals surface area contributed by atoms with E-state index in [1.807, 2.05) is 36.4 Å². The van der Waals surface area contributed by atoms with E-state index in [9.17, 15) is 29.4 Å². The average Bonchev–Trinajstić information content (AvgIpc) is 3.09. The van der Waals surface area contributed by atoms with Gasteiger partial charge in [-0.3, -0.25) is 9.59 Å². The number of carboxylic acids is 2. The largest absolute Gasteiger partial charge is 0.483 e. The molecule has 10 nitrogen and oxygen atoms in total. The van der Waals surface area contributed by atoms with Gasteiger partial charge in [0.15, 0.2) is 13.2 Å². The Hall–Kier alpha value is -5.64. The molecule has 0 aliphatic carbocycles. The number of carbonyl (C=O) groups excluding carboxylic acids is 2. The zero-order chi connectivity index (χ0) is 34.8. The number of hydrogen-bond donors (Lipinski definition) is 4. The molecule has 4 rings (SSSR count). The molecule has 4 aromatic carbocycles. The highest BCUT2D eigenvalue weighted by molar-refractivity contribution is 6.01. The number of carbonyl (C=O) groups is 4. The van der Waals surface area contributed by atoms with Crippen LogP contribution in [0.2, 0.25) is 0 Å². The number of benzene rings is 4. The van der Waals surface area contributed by atoms with Gasteiger partial charge >= 0.3 is 11.9 Å². The van der Waals surface area contributed by atoms with E-state index in [1.54, 1.807) is 24.3 Å². The lowest BCUT2D eigenvalue weighted by Gasteiger charge is -2.20. The van der Waals surface area contributed by atoms with Gasteiger partial charge in [-0.25, -0.2) is 9.59 Å². The first kappa shape index (κ1) is 35.2. The van der Waals surface area contributed by atoms with Crippen molar-refractivity contribution in [2.24, 2.45) is 0 Å². The van der Waals surface area contributed by atoms with Gasteiger partial charge in [0.05, 0.1) is 22.5 Å². The summed E-state index contributed by atoms with van der Waals surface area (Å²) in [7, 11) is 0. The van der Waals surface area contributed by atoms with Crippen LogP contribution in [0, 0.1) is 0 Å². The van der Waals surface area contributed by atoms with Crippen molar-refractivity contribution in [3.63, 3.8) is 0 Å². The number of hydrogen-bond acceptors (Lipinski definition) is 6. The standard InChI is InChI=1S/C38H40N2O8/c1-5-23(3)29-19-25(15-17-33(29)47-21-35(41)39-31-13-9-7-11-27(31)37(43)44)26-16-18-34(30(20-26)24(4)6-2)48-22-36(42)40-32-14-10-8-12-28(32)38(45)46/h7-20,23-24H,5-6,21-22H2,1-4H3,(H,39,41)(H,40,42)(H,43,44)(H,45,46). The van der Waals surface area contributed by atoms with Gasteiger partial charge in [-0.2, -0.15) is 0 Å². The number of aromatic carboxylic acids is 2. The van der Waals surface area contributed by atoms with E-state index in [2.05, 4.69) is 38.3 Å². The van der Waals surface area contributed by atoms with Crippen LogP contribution >= 0.6 is 0 Å².